The van der Waals surface area contributed by atoms with Crippen LogP contribution in [0.15, 0.2) is 49.1 Å². The van der Waals surface area contributed by atoms with E-state index in [1.165, 1.54) is 12.2 Å². The van der Waals surface area contributed by atoms with Crippen molar-refractivity contribution in [2.75, 3.05) is 0 Å². The number of imidazole rings is 1. The lowest BCUT2D eigenvalue weighted by molar-refractivity contribution is 0.674. The first-order chi connectivity index (χ1) is 14.0. The molecule has 0 saturated carbocycles. The Morgan fingerprint density at radius 3 is 2.76 bits per heavy atom. The van der Waals surface area contributed by atoms with Gasteiger partial charge in [-0.15, -0.1) is 0 Å². The van der Waals surface area contributed by atoms with Gasteiger partial charge >= 0.3 is 0 Å². The summed E-state index contributed by atoms with van der Waals surface area (Å²) in [5, 5.41) is 1.03. The molecule has 4 aromatic rings. The summed E-state index contributed by atoms with van der Waals surface area (Å²) in [6.45, 7) is 9.33. The SMILES string of the molecule is C=C/C(F)=C\c1nc(CCc2nc3c4cccnc4ccn3c2C)nc(C)c1C. The van der Waals surface area contributed by atoms with Gasteiger partial charge in [0.2, 0.25) is 0 Å². The summed E-state index contributed by atoms with van der Waals surface area (Å²) in [5.74, 6) is 0.271. The summed E-state index contributed by atoms with van der Waals surface area (Å²) < 4.78 is 15.8. The minimum absolute atomic E-state index is 0.408. The van der Waals surface area contributed by atoms with E-state index in [2.05, 4.69) is 32.9 Å². The summed E-state index contributed by atoms with van der Waals surface area (Å²) in [6, 6.07) is 5.96. The van der Waals surface area contributed by atoms with E-state index in [9.17, 15) is 4.39 Å². The van der Waals surface area contributed by atoms with Gasteiger partial charge in [0.15, 0.2) is 0 Å². The van der Waals surface area contributed by atoms with Gasteiger partial charge < -0.3 is 4.40 Å². The molecule has 4 heterocycles. The minimum Gasteiger partial charge on any atom is -0.303 e. The minimum atomic E-state index is -0.408. The van der Waals surface area contributed by atoms with Crippen molar-refractivity contribution in [2.24, 2.45) is 0 Å². The van der Waals surface area contributed by atoms with Crippen molar-refractivity contribution in [2.45, 2.75) is 33.6 Å². The smallest absolute Gasteiger partial charge is 0.146 e. The largest absolute Gasteiger partial charge is 0.303 e. The first-order valence-corrected chi connectivity index (χ1v) is 9.53. The zero-order valence-electron chi connectivity index (χ0n) is 16.8. The molecule has 4 rings (SSSR count). The highest BCUT2D eigenvalue weighted by Crippen LogP contribution is 2.22. The van der Waals surface area contributed by atoms with Crippen molar-refractivity contribution < 1.29 is 4.39 Å². The van der Waals surface area contributed by atoms with Crippen LogP contribution in [0.25, 0.3) is 22.6 Å². The Kier molecular flexibility index (Phi) is 4.92. The molecular formula is C23H22FN5. The van der Waals surface area contributed by atoms with Crippen LogP contribution >= 0.6 is 0 Å². The maximum Gasteiger partial charge on any atom is 0.146 e. The third kappa shape index (κ3) is 3.53. The monoisotopic (exact) mass is 387 g/mol. The Balaban J connectivity index is 1.67. The number of halogens is 1. The summed E-state index contributed by atoms with van der Waals surface area (Å²) in [6.07, 6.45) is 7.69. The summed E-state index contributed by atoms with van der Waals surface area (Å²) >= 11 is 0. The Labute approximate surface area is 168 Å². The average Bonchev–Trinajstić information content (AvgIpc) is 3.06. The molecule has 0 N–H and O–H groups in total. The number of hydrogen-bond donors (Lipinski definition) is 0. The predicted molar refractivity (Wildman–Crippen MR) is 113 cm³/mol. The van der Waals surface area contributed by atoms with Gasteiger partial charge in [-0.2, -0.15) is 0 Å². The first-order valence-electron chi connectivity index (χ1n) is 9.53. The summed E-state index contributed by atoms with van der Waals surface area (Å²) in [4.78, 5) is 18.4. The molecular weight excluding hydrogens is 365 g/mol. The van der Waals surface area contributed by atoms with Crippen LogP contribution in [-0.2, 0) is 12.8 Å². The van der Waals surface area contributed by atoms with Crippen molar-refractivity contribution in [1.29, 1.82) is 0 Å². The molecule has 146 valence electrons. The van der Waals surface area contributed by atoms with Crippen molar-refractivity contribution in [3.8, 4) is 0 Å². The molecule has 0 aliphatic carbocycles. The van der Waals surface area contributed by atoms with Crippen LogP contribution in [0.2, 0.25) is 0 Å². The van der Waals surface area contributed by atoms with Gasteiger partial charge in [0.05, 0.1) is 16.9 Å². The van der Waals surface area contributed by atoms with Crippen LogP contribution in [0.3, 0.4) is 0 Å². The fourth-order valence-corrected chi connectivity index (χ4v) is 3.44. The number of fused-ring (bicyclic) bond motifs is 3. The summed E-state index contributed by atoms with van der Waals surface area (Å²) in [7, 11) is 0. The highest BCUT2D eigenvalue weighted by molar-refractivity contribution is 5.91. The third-order valence-corrected chi connectivity index (χ3v) is 5.24. The van der Waals surface area contributed by atoms with Crippen LogP contribution < -0.4 is 0 Å². The molecule has 0 atom stereocenters. The fraction of sp³-hybridized carbons (Fsp3) is 0.217. The number of rotatable bonds is 5. The quantitative estimate of drug-likeness (QED) is 0.458. The van der Waals surface area contributed by atoms with E-state index in [0.717, 1.165) is 39.2 Å². The molecule has 0 aromatic carbocycles. The van der Waals surface area contributed by atoms with Crippen molar-refractivity contribution in [3.05, 3.63) is 83.2 Å². The lowest BCUT2D eigenvalue weighted by Crippen LogP contribution is -2.05. The van der Waals surface area contributed by atoms with Gasteiger partial charge in [-0.3, -0.25) is 4.98 Å². The highest BCUT2D eigenvalue weighted by atomic mass is 19.1. The van der Waals surface area contributed by atoms with Crippen LogP contribution in [0.5, 0.6) is 0 Å². The molecule has 6 heteroatoms. The molecule has 0 aliphatic heterocycles. The van der Waals surface area contributed by atoms with Crippen LogP contribution in [0, 0.1) is 20.8 Å². The Bertz CT molecular complexity index is 1270. The molecule has 5 nitrogen and oxygen atoms in total. The number of allylic oxidation sites excluding steroid dienone is 2. The van der Waals surface area contributed by atoms with Gasteiger partial charge in [-0.25, -0.2) is 19.3 Å². The van der Waals surface area contributed by atoms with Gasteiger partial charge in [-0.05, 0) is 63.1 Å². The molecule has 0 bridgehead atoms. The van der Waals surface area contributed by atoms with Crippen molar-refractivity contribution >= 4 is 22.6 Å². The summed E-state index contributed by atoms with van der Waals surface area (Å²) in [5.41, 5.74) is 6.23. The van der Waals surface area contributed by atoms with E-state index in [0.29, 0.717) is 24.4 Å². The molecule has 29 heavy (non-hydrogen) atoms. The molecule has 0 radical (unpaired) electrons. The van der Waals surface area contributed by atoms with E-state index in [4.69, 9.17) is 4.98 Å². The second kappa shape index (κ2) is 7.54. The van der Waals surface area contributed by atoms with Gasteiger partial charge in [0, 0.05) is 35.6 Å². The van der Waals surface area contributed by atoms with Crippen molar-refractivity contribution in [1.82, 2.24) is 24.3 Å². The highest BCUT2D eigenvalue weighted by Gasteiger charge is 2.13. The number of pyridine rings is 2. The molecule has 0 unspecified atom stereocenters. The zero-order valence-corrected chi connectivity index (χ0v) is 16.8. The van der Waals surface area contributed by atoms with E-state index in [1.807, 2.05) is 38.2 Å². The molecule has 0 amide bonds. The van der Waals surface area contributed by atoms with Gasteiger partial charge in [0.25, 0.3) is 0 Å². The maximum atomic E-state index is 13.7. The van der Waals surface area contributed by atoms with E-state index < -0.39 is 5.83 Å². The average molecular weight is 387 g/mol. The lowest BCUT2D eigenvalue weighted by atomic mass is 10.1. The van der Waals surface area contributed by atoms with E-state index in [-0.39, 0.29) is 0 Å². The maximum absolute atomic E-state index is 13.7. The Morgan fingerprint density at radius 1 is 1.14 bits per heavy atom. The predicted octanol–water partition coefficient (Wildman–Crippen LogP) is 4.88. The normalized spacial score (nSPS) is 12.1. The molecule has 0 fully saturated rings. The number of aryl methyl sites for hydroxylation is 4. The topological polar surface area (TPSA) is 56.0 Å². The van der Waals surface area contributed by atoms with Crippen LogP contribution in [-0.4, -0.2) is 24.3 Å². The molecule has 0 saturated heterocycles. The number of hydrogen-bond acceptors (Lipinski definition) is 4. The molecule has 0 aliphatic rings. The lowest BCUT2D eigenvalue weighted by Gasteiger charge is -2.07. The number of aromatic nitrogens is 5. The fourth-order valence-electron chi connectivity index (χ4n) is 3.44. The zero-order chi connectivity index (χ0) is 20.5. The van der Waals surface area contributed by atoms with E-state index >= 15 is 0 Å². The van der Waals surface area contributed by atoms with Crippen LogP contribution in [0.1, 0.15) is 34.2 Å². The standard InChI is InChI=1S/C23H22FN5/c1-5-17(24)13-21-14(2)15(3)26-22(27-21)9-8-19-16(4)29-12-10-20-18(23(29)28-19)7-6-11-25-20/h5-7,10-13H,1,8-9H2,2-4H3/b17-13+. The first kappa shape index (κ1) is 18.9. The Hall–Kier alpha value is -3.41. The van der Waals surface area contributed by atoms with Gasteiger partial charge in [0.1, 0.15) is 17.3 Å². The molecule has 0 spiro atoms. The van der Waals surface area contributed by atoms with Crippen LogP contribution in [0.4, 0.5) is 4.39 Å². The second-order valence-electron chi connectivity index (χ2n) is 7.06. The van der Waals surface area contributed by atoms with E-state index in [1.54, 1.807) is 6.20 Å². The third-order valence-electron chi connectivity index (χ3n) is 5.24. The van der Waals surface area contributed by atoms with Gasteiger partial charge in [-0.1, -0.05) is 6.58 Å². The second-order valence-corrected chi connectivity index (χ2v) is 7.06. The number of nitrogens with zero attached hydrogens (tertiary/aromatic N) is 5. The van der Waals surface area contributed by atoms with Crippen molar-refractivity contribution in [3.63, 3.8) is 0 Å². The Morgan fingerprint density at radius 2 is 1.97 bits per heavy atom. The molecule has 4 aromatic heterocycles.